The third-order valence-electron chi connectivity index (χ3n) is 3.82. The van der Waals surface area contributed by atoms with Gasteiger partial charge in [-0.1, -0.05) is 19.9 Å². The summed E-state index contributed by atoms with van der Waals surface area (Å²) in [5.74, 6) is 3.11. The second-order valence-electron chi connectivity index (χ2n) is 5.88. The monoisotopic (exact) mass is 433 g/mol. The van der Waals surface area contributed by atoms with Crippen molar-refractivity contribution in [3.63, 3.8) is 0 Å². The van der Waals surface area contributed by atoms with E-state index in [0.29, 0.717) is 18.8 Å². The minimum absolute atomic E-state index is 0. The Kier molecular flexibility index (Phi) is 8.51. The second kappa shape index (κ2) is 9.85. The van der Waals surface area contributed by atoms with Crippen molar-refractivity contribution in [2.24, 2.45) is 10.9 Å². The second-order valence-corrected chi connectivity index (χ2v) is 5.88. The van der Waals surface area contributed by atoms with Crippen molar-refractivity contribution in [1.29, 1.82) is 0 Å². The number of rotatable bonds is 6. The maximum atomic E-state index is 5.40. The minimum atomic E-state index is 0. The van der Waals surface area contributed by atoms with E-state index in [1.165, 1.54) is 5.56 Å². The Morgan fingerprint density at radius 1 is 1.22 bits per heavy atom. The SMILES string of the molecule is CCNC(=NCCc1ccc2c(c1)OCO2)NC(C)C(C)C.I. The fourth-order valence-electron chi connectivity index (χ4n) is 2.10. The summed E-state index contributed by atoms with van der Waals surface area (Å²) in [6, 6.07) is 6.46. The van der Waals surface area contributed by atoms with Gasteiger partial charge in [0.05, 0.1) is 0 Å². The molecule has 1 aliphatic heterocycles. The molecule has 23 heavy (non-hydrogen) atoms. The van der Waals surface area contributed by atoms with Gasteiger partial charge in [0.1, 0.15) is 0 Å². The molecule has 2 rings (SSSR count). The summed E-state index contributed by atoms with van der Waals surface area (Å²) in [6.07, 6.45) is 0.878. The maximum absolute atomic E-state index is 5.40. The first-order valence-corrected chi connectivity index (χ1v) is 8.03. The third-order valence-corrected chi connectivity index (χ3v) is 3.82. The highest BCUT2D eigenvalue weighted by Gasteiger charge is 2.13. The number of benzene rings is 1. The summed E-state index contributed by atoms with van der Waals surface area (Å²) in [5, 5.41) is 6.73. The molecule has 0 aliphatic carbocycles. The van der Waals surface area contributed by atoms with Gasteiger partial charge < -0.3 is 20.1 Å². The molecule has 1 aromatic rings. The lowest BCUT2D eigenvalue weighted by Crippen LogP contribution is -2.44. The zero-order chi connectivity index (χ0) is 15.9. The molecule has 1 atom stereocenters. The molecule has 130 valence electrons. The molecule has 1 aromatic carbocycles. The van der Waals surface area contributed by atoms with Crippen LogP contribution in [0.3, 0.4) is 0 Å². The molecular formula is C17H28IN3O2. The Morgan fingerprint density at radius 2 is 1.96 bits per heavy atom. The number of hydrogen-bond donors (Lipinski definition) is 2. The Labute approximate surface area is 156 Å². The molecule has 0 amide bonds. The Bertz CT molecular complexity index is 521. The number of halogens is 1. The van der Waals surface area contributed by atoms with Crippen LogP contribution in [-0.2, 0) is 6.42 Å². The van der Waals surface area contributed by atoms with Crippen LogP contribution in [0.4, 0.5) is 0 Å². The number of fused-ring (bicyclic) bond motifs is 1. The average Bonchev–Trinajstić information content (AvgIpc) is 2.94. The van der Waals surface area contributed by atoms with Gasteiger partial charge in [0.25, 0.3) is 0 Å². The van der Waals surface area contributed by atoms with Gasteiger partial charge in [-0.3, -0.25) is 4.99 Å². The molecule has 0 bridgehead atoms. The van der Waals surface area contributed by atoms with Crippen LogP contribution in [0, 0.1) is 5.92 Å². The number of guanidine groups is 1. The lowest BCUT2D eigenvalue weighted by atomic mass is 10.1. The standard InChI is InChI=1S/C17H27N3O2.HI/c1-5-18-17(20-13(4)12(2)3)19-9-8-14-6-7-15-16(10-14)22-11-21-15;/h6-7,10,12-13H,5,8-9,11H2,1-4H3,(H2,18,19,20);1H. The highest BCUT2D eigenvalue weighted by atomic mass is 127. The summed E-state index contributed by atoms with van der Waals surface area (Å²) in [4.78, 5) is 4.65. The van der Waals surface area contributed by atoms with Gasteiger partial charge in [0.15, 0.2) is 17.5 Å². The van der Waals surface area contributed by atoms with Gasteiger partial charge in [0.2, 0.25) is 6.79 Å². The van der Waals surface area contributed by atoms with E-state index >= 15 is 0 Å². The Hall–Kier alpha value is -1.18. The van der Waals surface area contributed by atoms with Gasteiger partial charge in [-0.25, -0.2) is 0 Å². The molecular weight excluding hydrogens is 405 g/mol. The van der Waals surface area contributed by atoms with Crippen LogP contribution in [0.5, 0.6) is 11.5 Å². The van der Waals surface area contributed by atoms with Crippen LogP contribution in [0.2, 0.25) is 0 Å². The van der Waals surface area contributed by atoms with Crippen LogP contribution < -0.4 is 20.1 Å². The van der Waals surface area contributed by atoms with E-state index in [1.54, 1.807) is 0 Å². The Morgan fingerprint density at radius 3 is 2.65 bits per heavy atom. The molecule has 2 N–H and O–H groups in total. The lowest BCUT2D eigenvalue weighted by molar-refractivity contribution is 0.174. The summed E-state index contributed by atoms with van der Waals surface area (Å²) in [7, 11) is 0. The van der Waals surface area contributed by atoms with Gasteiger partial charge >= 0.3 is 0 Å². The van der Waals surface area contributed by atoms with Gasteiger partial charge in [-0.2, -0.15) is 0 Å². The quantitative estimate of drug-likeness (QED) is 0.411. The van der Waals surface area contributed by atoms with E-state index in [2.05, 4.69) is 49.4 Å². The zero-order valence-electron chi connectivity index (χ0n) is 14.4. The van der Waals surface area contributed by atoms with Crippen LogP contribution in [-0.4, -0.2) is 31.9 Å². The average molecular weight is 433 g/mol. The fourth-order valence-corrected chi connectivity index (χ4v) is 2.10. The molecule has 0 spiro atoms. The summed E-state index contributed by atoms with van der Waals surface area (Å²) in [5.41, 5.74) is 1.21. The predicted octanol–water partition coefficient (Wildman–Crippen LogP) is 3.18. The molecule has 0 aromatic heterocycles. The van der Waals surface area contributed by atoms with Crippen molar-refractivity contribution in [1.82, 2.24) is 10.6 Å². The van der Waals surface area contributed by atoms with Crippen molar-refractivity contribution < 1.29 is 9.47 Å². The maximum Gasteiger partial charge on any atom is 0.231 e. The summed E-state index contributed by atoms with van der Waals surface area (Å²) < 4.78 is 10.7. The molecule has 0 saturated carbocycles. The largest absolute Gasteiger partial charge is 0.454 e. The highest BCUT2D eigenvalue weighted by molar-refractivity contribution is 14.0. The van der Waals surface area contributed by atoms with Crippen LogP contribution in [0.1, 0.15) is 33.3 Å². The fraction of sp³-hybridized carbons (Fsp3) is 0.588. The van der Waals surface area contributed by atoms with E-state index in [9.17, 15) is 0 Å². The molecule has 0 saturated heterocycles. The first kappa shape index (κ1) is 19.9. The van der Waals surface area contributed by atoms with Crippen LogP contribution in [0.25, 0.3) is 0 Å². The number of hydrogen-bond acceptors (Lipinski definition) is 3. The van der Waals surface area contributed by atoms with E-state index in [1.807, 2.05) is 12.1 Å². The normalized spacial score (nSPS) is 14.4. The molecule has 6 heteroatoms. The zero-order valence-corrected chi connectivity index (χ0v) is 16.7. The number of nitrogens with one attached hydrogen (secondary N) is 2. The highest BCUT2D eigenvalue weighted by Crippen LogP contribution is 2.32. The van der Waals surface area contributed by atoms with Gasteiger partial charge in [0, 0.05) is 19.1 Å². The predicted molar refractivity (Wildman–Crippen MR) is 105 cm³/mol. The van der Waals surface area contributed by atoms with Crippen molar-refractivity contribution in [2.75, 3.05) is 19.9 Å². The van der Waals surface area contributed by atoms with Crippen molar-refractivity contribution in [2.45, 2.75) is 40.2 Å². The Balaban J connectivity index is 0.00000264. The molecule has 1 heterocycles. The summed E-state index contributed by atoms with van der Waals surface area (Å²) in [6.45, 7) is 10.6. The van der Waals surface area contributed by atoms with Crippen molar-refractivity contribution >= 4 is 29.9 Å². The van der Waals surface area contributed by atoms with E-state index in [-0.39, 0.29) is 24.0 Å². The smallest absolute Gasteiger partial charge is 0.231 e. The number of ether oxygens (including phenoxy) is 2. The lowest BCUT2D eigenvalue weighted by Gasteiger charge is -2.20. The molecule has 0 fully saturated rings. The van der Waals surface area contributed by atoms with Crippen molar-refractivity contribution in [3.8, 4) is 11.5 Å². The topological polar surface area (TPSA) is 54.9 Å². The van der Waals surface area contributed by atoms with E-state index < -0.39 is 0 Å². The number of aliphatic imine (C=N–C) groups is 1. The first-order chi connectivity index (χ1) is 10.6. The van der Waals surface area contributed by atoms with E-state index in [0.717, 1.165) is 37.0 Å². The minimum Gasteiger partial charge on any atom is -0.454 e. The van der Waals surface area contributed by atoms with Crippen molar-refractivity contribution in [3.05, 3.63) is 23.8 Å². The number of nitrogens with zero attached hydrogens (tertiary/aromatic N) is 1. The molecule has 1 aliphatic rings. The van der Waals surface area contributed by atoms with E-state index in [4.69, 9.17) is 9.47 Å². The molecule has 0 radical (unpaired) electrons. The third kappa shape index (κ3) is 6.08. The van der Waals surface area contributed by atoms with Gasteiger partial charge in [-0.15, -0.1) is 24.0 Å². The van der Waals surface area contributed by atoms with Gasteiger partial charge in [-0.05, 0) is 43.9 Å². The molecule has 5 nitrogen and oxygen atoms in total. The first-order valence-electron chi connectivity index (χ1n) is 8.03. The van der Waals surface area contributed by atoms with Crippen LogP contribution >= 0.6 is 24.0 Å². The molecule has 1 unspecified atom stereocenters. The summed E-state index contributed by atoms with van der Waals surface area (Å²) >= 11 is 0. The van der Waals surface area contributed by atoms with Crippen LogP contribution in [0.15, 0.2) is 23.2 Å².